The van der Waals surface area contributed by atoms with Crippen LogP contribution in [0.3, 0.4) is 0 Å². The summed E-state index contributed by atoms with van der Waals surface area (Å²) in [6, 6.07) is 3.65. The average molecular weight is 184 g/mol. The zero-order valence-electron chi connectivity index (χ0n) is 5.75. The molecule has 0 spiro atoms. The van der Waals surface area contributed by atoms with Crippen molar-refractivity contribution in [2.24, 2.45) is 0 Å². The first kappa shape index (κ1) is 8.45. The van der Waals surface area contributed by atoms with Crippen molar-refractivity contribution >= 4 is 23.4 Å². The molecule has 0 amide bonds. The molecule has 1 aromatic heterocycles. The van der Waals surface area contributed by atoms with E-state index in [0.717, 1.165) is 5.03 Å². The van der Waals surface area contributed by atoms with E-state index in [1.807, 2.05) is 6.07 Å². The molecule has 3 heteroatoms. The van der Waals surface area contributed by atoms with Crippen molar-refractivity contribution in [3.8, 4) is 12.3 Å². The van der Waals surface area contributed by atoms with E-state index < -0.39 is 0 Å². The molecule has 56 valence electrons. The molecule has 1 aromatic rings. The van der Waals surface area contributed by atoms with Crippen molar-refractivity contribution in [2.45, 2.75) is 5.03 Å². The lowest BCUT2D eigenvalue weighted by molar-refractivity contribution is 1.14. The minimum absolute atomic E-state index is 0.647. The fraction of sp³-hybridized carbons (Fsp3) is 0.125. The van der Waals surface area contributed by atoms with E-state index in [2.05, 4.69) is 10.9 Å². The summed E-state index contributed by atoms with van der Waals surface area (Å²) < 4.78 is 0. The van der Waals surface area contributed by atoms with Crippen LogP contribution < -0.4 is 0 Å². The fourth-order valence-electron chi connectivity index (χ4n) is 0.563. The molecular weight excluding hydrogens is 178 g/mol. The van der Waals surface area contributed by atoms with Gasteiger partial charge < -0.3 is 0 Å². The van der Waals surface area contributed by atoms with Gasteiger partial charge in [-0.3, -0.25) is 0 Å². The molecule has 0 saturated heterocycles. The predicted molar refractivity (Wildman–Crippen MR) is 48.8 cm³/mol. The highest BCUT2D eigenvalue weighted by Gasteiger charge is 1.92. The lowest BCUT2D eigenvalue weighted by atomic mass is 10.5. The summed E-state index contributed by atoms with van der Waals surface area (Å²) in [7, 11) is 0. The summed E-state index contributed by atoms with van der Waals surface area (Å²) in [6.45, 7) is 0. The number of rotatable bonds is 2. The number of hydrogen-bond acceptors (Lipinski definition) is 2. The van der Waals surface area contributed by atoms with Crippen LogP contribution in [0.25, 0.3) is 0 Å². The van der Waals surface area contributed by atoms with Crippen LogP contribution in [0.2, 0.25) is 5.02 Å². The van der Waals surface area contributed by atoms with Crippen molar-refractivity contribution in [3.05, 3.63) is 23.4 Å². The molecule has 0 atom stereocenters. The van der Waals surface area contributed by atoms with Crippen LogP contribution in [0.1, 0.15) is 0 Å². The fourth-order valence-corrected chi connectivity index (χ4v) is 1.20. The van der Waals surface area contributed by atoms with Gasteiger partial charge in [0.15, 0.2) is 0 Å². The summed E-state index contributed by atoms with van der Waals surface area (Å²) in [4.78, 5) is 4.05. The standard InChI is InChI=1S/C8H6ClNS/c1-2-5-11-8-4-3-7(9)6-10-8/h1,3-4,6H,5H2. The highest BCUT2D eigenvalue weighted by molar-refractivity contribution is 7.99. The SMILES string of the molecule is C#CCSc1ccc(Cl)cn1. The van der Waals surface area contributed by atoms with Crippen LogP contribution in [0.15, 0.2) is 23.4 Å². The van der Waals surface area contributed by atoms with Gasteiger partial charge in [0.1, 0.15) is 0 Å². The maximum atomic E-state index is 5.63. The van der Waals surface area contributed by atoms with Gasteiger partial charge in [0.25, 0.3) is 0 Å². The normalized spacial score (nSPS) is 9.09. The minimum Gasteiger partial charge on any atom is -0.248 e. The van der Waals surface area contributed by atoms with E-state index in [0.29, 0.717) is 10.8 Å². The third kappa shape index (κ3) is 2.83. The second-order valence-corrected chi connectivity index (χ2v) is 3.24. The Morgan fingerprint density at radius 1 is 1.64 bits per heavy atom. The maximum absolute atomic E-state index is 5.63. The number of terminal acetylenes is 1. The molecule has 0 saturated carbocycles. The number of aromatic nitrogens is 1. The van der Waals surface area contributed by atoms with Crippen molar-refractivity contribution < 1.29 is 0 Å². The first-order valence-electron chi connectivity index (χ1n) is 3.01. The second kappa shape index (κ2) is 4.27. The first-order chi connectivity index (χ1) is 5.33. The number of pyridine rings is 1. The molecule has 0 aliphatic carbocycles. The molecule has 1 rings (SSSR count). The van der Waals surface area contributed by atoms with E-state index in [4.69, 9.17) is 18.0 Å². The van der Waals surface area contributed by atoms with Gasteiger partial charge >= 0.3 is 0 Å². The first-order valence-corrected chi connectivity index (χ1v) is 4.37. The molecule has 1 nitrogen and oxygen atoms in total. The highest BCUT2D eigenvalue weighted by Crippen LogP contribution is 2.15. The Balaban J connectivity index is 2.60. The second-order valence-electron chi connectivity index (χ2n) is 1.81. The van der Waals surface area contributed by atoms with Crippen LogP contribution in [0.5, 0.6) is 0 Å². The summed E-state index contributed by atoms with van der Waals surface area (Å²) in [6.07, 6.45) is 6.69. The van der Waals surface area contributed by atoms with Gasteiger partial charge in [-0.2, -0.15) is 0 Å². The number of halogens is 1. The van der Waals surface area contributed by atoms with E-state index >= 15 is 0 Å². The van der Waals surface area contributed by atoms with Gasteiger partial charge in [-0.25, -0.2) is 4.98 Å². The molecule has 1 heterocycles. The van der Waals surface area contributed by atoms with E-state index in [9.17, 15) is 0 Å². The Hall–Kier alpha value is -0.650. The monoisotopic (exact) mass is 183 g/mol. The van der Waals surface area contributed by atoms with E-state index in [1.54, 1.807) is 12.3 Å². The van der Waals surface area contributed by atoms with Gasteiger partial charge in [-0.1, -0.05) is 29.3 Å². The Morgan fingerprint density at radius 3 is 3.00 bits per heavy atom. The zero-order valence-corrected chi connectivity index (χ0v) is 7.32. The predicted octanol–water partition coefficient (Wildman–Crippen LogP) is 2.46. The Labute approximate surface area is 75.2 Å². The number of hydrogen-bond donors (Lipinski definition) is 0. The van der Waals surface area contributed by atoms with Crippen LogP contribution in [0, 0.1) is 12.3 Å². The van der Waals surface area contributed by atoms with Gasteiger partial charge in [-0.15, -0.1) is 6.42 Å². The molecule has 0 bridgehead atoms. The Bertz CT molecular complexity index is 262. The van der Waals surface area contributed by atoms with Crippen molar-refractivity contribution in [1.29, 1.82) is 0 Å². The Kier molecular flexibility index (Phi) is 3.28. The largest absolute Gasteiger partial charge is 0.248 e. The summed E-state index contributed by atoms with van der Waals surface area (Å²) in [5, 5.41) is 1.56. The van der Waals surface area contributed by atoms with Crippen LogP contribution >= 0.6 is 23.4 Å². The van der Waals surface area contributed by atoms with Gasteiger partial charge in [0.2, 0.25) is 0 Å². The van der Waals surface area contributed by atoms with Crippen molar-refractivity contribution in [1.82, 2.24) is 4.98 Å². The summed E-state index contributed by atoms with van der Waals surface area (Å²) in [5.41, 5.74) is 0. The van der Waals surface area contributed by atoms with Crippen molar-refractivity contribution in [2.75, 3.05) is 5.75 Å². The lowest BCUT2D eigenvalue weighted by Gasteiger charge is -1.94. The van der Waals surface area contributed by atoms with Gasteiger partial charge in [-0.05, 0) is 12.1 Å². The van der Waals surface area contributed by atoms with Crippen molar-refractivity contribution in [3.63, 3.8) is 0 Å². The van der Waals surface area contributed by atoms with Gasteiger partial charge in [0, 0.05) is 6.20 Å². The molecule has 0 aliphatic heterocycles. The summed E-state index contributed by atoms with van der Waals surface area (Å²) in [5.74, 6) is 3.17. The molecule has 0 N–H and O–H groups in total. The van der Waals surface area contributed by atoms with Crippen LogP contribution in [-0.2, 0) is 0 Å². The maximum Gasteiger partial charge on any atom is 0.0970 e. The topological polar surface area (TPSA) is 12.9 Å². The third-order valence-electron chi connectivity index (χ3n) is 1.00. The molecule has 0 unspecified atom stereocenters. The quantitative estimate of drug-likeness (QED) is 0.516. The number of nitrogens with zero attached hydrogens (tertiary/aromatic N) is 1. The molecule has 0 aliphatic rings. The number of thioether (sulfide) groups is 1. The zero-order chi connectivity index (χ0) is 8.10. The molecule has 0 fully saturated rings. The van der Waals surface area contributed by atoms with E-state index in [1.165, 1.54) is 11.8 Å². The molecule has 11 heavy (non-hydrogen) atoms. The highest BCUT2D eigenvalue weighted by atomic mass is 35.5. The van der Waals surface area contributed by atoms with E-state index in [-0.39, 0.29) is 0 Å². The summed E-state index contributed by atoms with van der Waals surface area (Å²) >= 11 is 7.16. The van der Waals surface area contributed by atoms with Crippen LogP contribution in [-0.4, -0.2) is 10.7 Å². The molecule has 0 aromatic carbocycles. The van der Waals surface area contributed by atoms with Crippen LogP contribution in [0.4, 0.5) is 0 Å². The molecular formula is C8H6ClNS. The average Bonchev–Trinajstić information content (AvgIpc) is 2.04. The smallest absolute Gasteiger partial charge is 0.0970 e. The Morgan fingerprint density at radius 2 is 2.45 bits per heavy atom. The third-order valence-corrected chi connectivity index (χ3v) is 2.08. The lowest BCUT2D eigenvalue weighted by Crippen LogP contribution is -1.78. The minimum atomic E-state index is 0.647. The van der Waals surface area contributed by atoms with Gasteiger partial charge in [0.05, 0.1) is 15.8 Å². The molecule has 0 radical (unpaired) electrons.